The Kier molecular flexibility index (Phi) is 5.15. The minimum Gasteiger partial charge on any atom is -0.493 e. The lowest BCUT2D eigenvalue weighted by Gasteiger charge is -2.37. The van der Waals surface area contributed by atoms with Gasteiger partial charge < -0.3 is 14.8 Å². The molecule has 1 aromatic carbocycles. The summed E-state index contributed by atoms with van der Waals surface area (Å²) in [5.41, 5.74) is 0.167. The van der Waals surface area contributed by atoms with Gasteiger partial charge in [0.25, 0.3) is 0 Å². The average Bonchev–Trinajstić information content (AvgIpc) is 2.33. The van der Waals surface area contributed by atoms with E-state index in [2.05, 4.69) is 39.9 Å². The van der Waals surface area contributed by atoms with Gasteiger partial charge in [-0.05, 0) is 30.4 Å². The summed E-state index contributed by atoms with van der Waals surface area (Å²) in [6.45, 7) is 11.6. The molecule has 1 aromatic rings. The molecule has 0 atom stereocenters. The van der Waals surface area contributed by atoms with E-state index in [1.807, 2.05) is 24.3 Å². The first kappa shape index (κ1) is 16.2. The monoisotopic (exact) mass is 291 g/mol. The SMILES string of the molecule is CC(C)NC1CC(Oc2cccc(OCC(C)(C)C)c2)C1. The van der Waals surface area contributed by atoms with E-state index < -0.39 is 0 Å². The lowest BCUT2D eigenvalue weighted by atomic mass is 9.88. The third kappa shape index (κ3) is 5.58. The molecule has 21 heavy (non-hydrogen) atoms. The van der Waals surface area contributed by atoms with E-state index in [1.54, 1.807) is 0 Å². The summed E-state index contributed by atoms with van der Waals surface area (Å²) in [5.74, 6) is 1.80. The zero-order valence-electron chi connectivity index (χ0n) is 14.0. The van der Waals surface area contributed by atoms with E-state index in [-0.39, 0.29) is 5.41 Å². The van der Waals surface area contributed by atoms with E-state index >= 15 is 0 Å². The molecule has 2 rings (SSSR count). The van der Waals surface area contributed by atoms with E-state index in [0.29, 0.717) is 24.8 Å². The fourth-order valence-electron chi connectivity index (χ4n) is 2.40. The Labute approximate surface area is 129 Å². The van der Waals surface area contributed by atoms with Crippen molar-refractivity contribution in [2.75, 3.05) is 6.61 Å². The second-order valence-electron chi connectivity index (χ2n) is 7.55. The maximum Gasteiger partial charge on any atom is 0.123 e. The van der Waals surface area contributed by atoms with Crippen molar-refractivity contribution in [3.8, 4) is 11.5 Å². The zero-order chi connectivity index (χ0) is 15.5. The van der Waals surface area contributed by atoms with Gasteiger partial charge in [0, 0.05) is 18.2 Å². The topological polar surface area (TPSA) is 30.5 Å². The highest BCUT2D eigenvalue weighted by molar-refractivity contribution is 5.33. The van der Waals surface area contributed by atoms with Crippen LogP contribution in [-0.4, -0.2) is 24.8 Å². The molecule has 1 N–H and O–H groups in total. The van der Waals surface area contributed by atoms with Crippen molar-refractivity contribution in [2.24, 2.45) is 5.41 Å². The van der Waals surface area contributed by atoms with E-state index in [4.69, 9.17) is 9.47 Å². The summed E-state index contributed by atoms with van der Waals surface area (Å²) >= 11 is 0. The molecule has 1 saturated carbocycles. The van der Waals surface area contributed by atoms with Gasteiger partial charge in [0.15, 0.2) is 0 Å². The Morgan fingerprint density at radius 2 is 1.86 bits per heavy atom. The molecule has 0 saturated heterocycles. The second kappa shape index (κ2) is 6.69. The van der Waals surface area contributed by atoms with Crippen LogP contribution < -0.4 is 14.8 Å². The molecule has 0 amide bonds. The predicted octanol–water partition coefficient (Wildman–Crippen LogP) is 4.02. The van der Waals surface area contributed by atoms with Crippen LogP contribution in [-0.2, 0) is 0 Å². The van der Waals surface area contributed by atoms with Crippen LogP contribution in [0.15, 0.2) is 24.3 Å². The minimum atomic E-state index is 0.167. The molecule has 118 valence electrons. The third-order valence-electron chi connectivity index (χ3n) is 3.44. The smallest absolute Gasteiger partial charge is 0.123 e. The van der Waals surface area contributed by atoms with Gasteiger partial charge in [0.1, 0.15) is 17.6 Å². The van der Waals surface area contributed by atoms with Gasteiger partial charge in [0.2, 0.25) is 0 Å². The van der Waals surface area contributed by atoms with Crippen molar-refractivity contribution in [1.82, 2.24) is 5.32 Å². The summed E-state index contributed by atoms with van der Waals surface area (Å²) < 4.78 is 11.8. The van der Waals surface area contributed by atoms with Crippen LogP contribution in [0.2, 0.25) is 0 Å². The predicted molar refractivity (Wildman–Crippen MR) is 87.1 cm³/mol. The normalized spacial score (nSPS) is 22.0. The minimum absolute atomic E-state index is 0.167. The molecule has 0 heterocycles. The Balaban J connectivity index is 1.80. The number of ether oxygens (including phenoxy) is 2. The van der Waals surface area contributed by atoms with Crippen molar-refractivity contribution < 1.29 is 9.47 Å². The molecule has 0 aliphatic heterocycles. The maximum absolute atomic E-state index is 6.01. The van der Waals surface area contributed by atoms with Gasteiger partial charge in [-0.15, -0.1) is 0 Å². The van der Waals surface area contributed by atoms with Gasteiger partial charge in [-0.1, -0.05) is 40.7 Å². The molecular weight excluding hydrogens is 262 g/mol. The second-order valence-corrected chi connectivity index (χ2v) is 7.55. The summed E-state index contributed by atoms with van der Waals surface area (Å²) in [6.07, 6.45) is 2.51. The highest BCUT2D eigenvalue weighted by atomic mass is 16.5. The van der Waals surface area contributed by atoms with Crippen LogP contribution in [0, 0.1) is 5.41 Å². The third-order valence-corrected chi connectivity index (χ3v) is 3.44. The average molecular weight is 291 g/mol. The Hall–Kier alpha value is -1.22. The first-order valence-corrected chi connectivity index (χ1v) is 7.97. The van der Waals surface area contributed by atoms with Crippen LogP contribution in [0.4, 0.5) is 0 Å². The summed E-state index contributed by atoms with van der Waals surface area (Å²) in [4.78, 5) is 0. The number of hydrogen-bond donors (Lipinski definition) is 1. The van der Waals surface area contributed by atoms with Crippen LogP contribution >= 0.6 is 0 Å². The molecule has 3 nitrogen and oxygen atoms in total. The molecule has 1 fully saturated rings. The molecule has 0 spiro atoms. The standard InChI is InChI=1S/C18H29NO2/c1-13(2)19-14-9-17(10-14)21-16-8-6-7-15(11-16)20-12-18(3,4)5/h6-8,11,13-14,17,19H,9-10,12H2,1-5H3. The van der Waals surface area contributed by atoms with Crippen LogP contribution in [0.5, 0.6) is 11.5 Å². The molecule has 0 unspecified atom stereocenters. The molecule has 3 heteroatoms. The molecule has 0 bridgehead atoms. The van der Waals surface area contributed by atoms with Crippen LogP contribution in [0.25, 0.3) is 0 Å². The van der Waals surface area contributed by atoms with Crippen LogP contribution in [0.3, 0.4) is 0 Å². The molecule has 0 aromatic heterocycles. The van der Waals surface area contributed by atoms with E-state index in [0.717, 1.165) is 24.3 Å². The molecule has 1 aliphatic carbocycles. The highest BCUT2D eigenvalue weighted by Gasteiger charge is 2.30. The maximum atomic E-state index is 6.01. The van der Waals surface area contributed by atoms with Crippen molar-refractivity contribution in [2.45, 2.75) is 65.6 Å². The van der Waals surface area contributed by atoms with Gasteiger partial charge >= 0.3 is 0 Å². The number of rotatable bonds is 6. The highest BCUT2D eigenvalue weighted by Crippen LogP contribution is 2.28. The first-order valence-electron chi connectivity index (χ1n) is 7.97. The number of benzene rings is 1. The summed E-state index contributed by atoms with van der Waals surface area (Å²) in [7, 11) is 0. The molecule has 0 radical (unpaired) electrons. The van der Waals surface area contributed by atoms with Crippen molar-refractivity contribution >= 4 is 0 Å². The van der Waals surface area contributed by atoms with Crippen LogP contribution in [0.1, 0.15) is 47.5 Å². The number of nitrogens with one attached hydrogen (secondary N) is 1. The van der Waals surface area contributed by atoms with Gasteiger partial charge in [-0.25, -0.2) is 0 Å². The summed E-state index contributed by atoms with van der Waals surface area (Å²) in [6, 6.07) is 9.14. The summed E-state index contributed by atoms with van der Waals surface area (Å²) in [5, 5.41) is 3.54. The Morgan fingerprint density at radius 1 is 1.19 bits per heavy atom. The Bertz CT molecular complexity index is 445. The van der Waals surface area contributed by atoms with E-state index in [1.165, 1.54) is 0 Å². The van der Waals surface area contributed by atoms with Crippen molar-refractivity contribution in [3.05, 3.63) is 24.3 Å². The lowest BCUT2D eigenvalue weighted by Crippen LogP contribution is -2.49. The van der Waals surface area contributed by atoms with Gasteiger partial charge in [0.05, 0.1) is 6.61 Å². The van der Waals surface area contributed by atoms with Gasteiger partial charge in [-0.3, -0.25) is 0 Å². The largest absolute Gasteiger partial charge is 0.493 e. The zero-order valence-corrected chi connectivity index (χ0v) is 14.0. The van der Waals surface area contributed by atoms with Crippen molar-refractivity contribution in [1.29, 1.82) is 0 Å². The van der Waals surface area contributed by atoms with Gasteiger partial charge in [-0.2, -0.15) is 0 Å². The molecular formula is C18H29NO2. The fourth-order valence-corrected chi connectivity index (χ4v) is 2.40. The lowest BCUT2D eigenvalue weighted by molar-refractivity contribution is 0.0810. The first-order chi connectivity index (χ1) is 9.82. The Morgan fingerprint density at radius 3 is 2.48 bits per heavy atom. The fraction of sp³-hybridized carbons (Fsp3) is 0.667. The molecule has 1 aliphatic rings. The quantitative estimate of drug-likeness (QED) is 0.858. The van der Waals surface area contributed by atoms with E-state index in [9.17, 15) is 0 Å². The number of hydrogen-bond acceptors (Lipinski definition) is 3. The van der Waals surface area contributed by atoms with Crippen molar-refractivity contribution in [3.63, 3.8) is 0 Å².